The normalized spacial score (nSPS) is 11.8. The van der Waals surface area contributed by atoms with Crippen LogP contribution >= 0.6 is 26.6 Å². The highest BCUT2D eigenvalue weighted by Crippen LogP contribution is 2.24. The highest BCUT2D eigenvalue weighted by atomic mass is 79.9. The van der Waals surface area contributed by atoms with E-state index in [4.69, 9.17) is 15.4 Å². The molecule has 9 heteroatoms. The summed E-state index contributed by atoms with van der Waals surface area (Å²) in [7, 11) is 2.93. The smallest absolute Gasteiger partial charge is 0.296 e. The molecule has 2 rings (SSSR count). The van der Waals surface area contributed by atoms with E-state index in [1.807, 2.05) is 24.3 Å². The molecule has 0 atom stereocenters. The second-order valence-corrected chi connectivity index (χ2v) is 7.27. The third kappa shape index (κ3) is 3.38. The van der Waals surface area contributed by atoms with E-state index in [1.54, 1.807) is 0 Å². The van der Waals surface area contributed by atoms with Crippen molar-refractivity contribution in [3.8, 4) is 11.4 Å². The lowest BCUT2D eigenvalue weighted by Crippen LogP contribution is -2.11. The number of nitrogens with zero attached hydrogens (tertiary/aromatic N) is 3. The summed E-state index contributed by atoms with van der Waals surface area (Å²) in [4.78, 5) is 0. The molecule has 0 saturated heterocycles. The topological polar surface area (TPSA) is 74.1 Å². The van der Waals surface area contributed by atoms with Crippen molar-refractivity contribution in [3.05, 3.63) is 28.7 Å². The standard InChI is InChI=1S/C11H11BrClN3O3S/c1-19-6-5-16-10(8-3-2-4-9(12)7-8)14-15-11(16)20(13,17)18/h2-4,7H,5-6H2,1H3. The molecule has 2 aromatic rings. The van der Waals surface area contributed by atoms with Crippen molar-refractivity contribution < 1.29 is 13.2 Å². The fourth-order valence-electron chi connectivity index (χ4n) is 1.69. The first-order chi connectivity index (χ1) is 9.43. The van der Waals surface area contributed by atoms with Crippen molar-refractivity contribution in [2.24, 2.45) is 0 Å². The number of aromatic nitrogens is 3. The molecule has 0 N–H and O–H groups in total. The number of rotatable bonds is 5. The predicted octanol–water partition coefficient (Wildman–Crippen LogP) is 2.28. The Kier molecular flexibility index (Phi) is 4.79. The Labute approximate surface area is 129 Å². The van der Waals surface area contributed by atoms with Gasteiger partial charge in [0.1, 0.15) is 0 Å². The molecule has 0 aliphatic rings. The average molecular weight is 381 g/mol. The van der Waals surface area contributed by atoms with Gasteiger partial charge in [-0.2, -0.15) is 0 Å². The molecule has 6 nitrogen and oxygen atoms in total. The van der Waals surface area contributed by atoms with E-state index >= 15 is 0 Å². The van der Waals surface area contributed by atoms with Crippen LogP contribution in [-0.2, 0) is 20.3 Å². The Bertz CT molecular complexity index is 717. The Balaban J connectivity index is 2.56. The summed E-state index contributed by atoms with van der Waals surface area (Å²) in [6, 6.07) is 7.31. The Morgan fingerprint density at radius 3 is 2.75 bits per heavy atom. The van der Waals surface area contributed by atoms with E-state index < -0.39 is 9.05 Å². The van der Waals surface area contributed by atoms with E-state index in [0.29, 0.717) is 12.4 Å². The minimum absolute atomic E-state index is 0.284. The number of methoxy groups -OCH3 is 1. The molecule has 0 saturated carbocycles. The fraction of sp³-hybridized carbons (Fsp3) is 0.273. The number of halogens is 2. The SMILES string of the molecule is COCCn1c(-c2cccc(Br)c2)nnc1S(=O)(=O)Cl. The van der Waals surface area contributed by atoms with Gasteiger partial charge in [-0.25, -0.2) is 8.42 Å². The van der Waals surface area contributed by atoms with Crippen LogP contribution in [-0.4, -0.2) is 36.9 Å². The van der Waals surface area contributed by atoms with Gasteiger partial charge in [-0.3, -0.25) is 4.57 Å². The van der Waals surface area contributed by atoms with Crippen molar-refractivity contribution in [2.45, 2.75) is 11.7 Å². The van der Waals surface area contributed by atoms with Gasteiger partial charge in [0.15, 0.2) is 5.82 Å². The van der Waals surface area contributed by atoms with E-state index in [9.17, 15) is 8.42 Å². The zero-order chi connectivity index (χ0) is 14.8. The van der Waals surface area contributed by atoms with Crippen molar-refractivity contribution in [3.63, 3.8) is 0 Å². The van der Waals surface area contributed by atoms with Gasteiger partial charge in [0, 0.05) is 27.8 Å². The number of ether oxygens (including phenoxy) is 1. The van der Waals surface area contributed by atoms with Gasteiger partial charge >= 0.3 is 0 Å². The lowest BCUT2D eigenvalue weighted by atomic mass is 10.2. The summed E-state index contributed by atoms with van der Waals surface area (Å²) >= 11 is 3.36. The molecule has 0 amide bonds. The maximum atomic E-state index is 11.5. The van der Waals surface area contributed by atoms with Crippen molar-refractivity contribution in [1.82, 2.24) is 14.8 Å². The highest BCUT2D eigenvalue weighted by Gasteiger charge is 2.23. The summed E-state index contributed by atoms with van der Waals surface area (Å²) < 4.78 is 30.3. The largest absolute Gasteiger partial charge is 0.383 e. The maximum absolute atomic E-state index is 11.5. The van der Waals surface area contributed by atoms with Gasteiger partial charge in [-0.1, -0.05) is 28.1 Å². The molecule has 0 radical (unpaired) electrons. The minimum Gasteiger partial charge on any atom is -0.383 e. The molecule has 0 unspecified atom stereocenters. The number of hydrogen-bond acceptors (Lipinski definition) is 5. The zero-order valence-corrected chi connectivity index (χ0v) is 13.6. The first kappa shape index (κ1) is 15.4. The summed E-state index contributed by atoms with van der Waals surface area (Å²) in [6.07, 6.45) is 0. The number of hydrogen-bond donors (Lipinski definition) is 0. The molecule has 20 heavy (non-hydrogen) atoms. The second-order valence-electron chi connectivity index (χ2n) is 3.90. The Morgan fingerprint density at radius 2 is 2.15 bits per heavy atom. The predicted molar refractivity (Wildman–Crippen MR) is 78.1 cm³/mol. The third-order valence-electron chi connectivity index (χ3n) is 2.54. The molecular weight excluding hydrogens is 370 g/mol. The molecule has 0 fully saturated rings. The summed E-state index contributed by atoms with van der Waals surface area (Å²) in [6.45, 7) is 0.602. The van der Waals surface area contributed by atoms with Crippen LogP contribution in [0, 0.1) is 0 Å². The molecule has 0 aliphatic heterocycles. The first-order valence-electron chi connectivity index (χ1n) is 5.56. The molecular formula is C11H11BrClN3O3S. The van der Waals surface area contributed by atoms with Crippen LogP contribution in [0.4, 0.5) is 0 Å². The molecule has 108 valence electrons. The molecule has 1 heterocycles. The van der Waals surface area contributed by atoms with Gasteiger partial charge in [0.2, 0.25) is 0 Å². The van der Waals surface area contributed by atoms with Crippen LogP contribution in [0.5, 0.6) is 0 Å². The third-order valence-corrected chi connectivity index (χ3v) is 4.18. The monoisotopic (exact) mass is 379 g/mol. The quantitative estimate of drug-likeness (QED) is 0.744. The average Bonchev–Trinajstić information content (AvgIpc) is 2.79. The van der Waals surface area contributed by atoms with Crippen LogP contribution < -0.4 is 0 Å². The first-order valence-corrected chi connectivity index (χ1v) is 8.66. The van der Waals surface area contributed by atoms with Gasteiger partial charge in [0.05, 0.1) is 13.2 Å². The molecule has 0 bridgehead atoms. The van der Waals surface area contributed by atoms with E-state index in [-0.39, 0.29) is 11.7 Å². The van der Waals surface area contributed by atoms with Crippen molar-refractivity contribution in [1.29, 1.82) is 0 Å². The van der Waals surface area contributed by atoms with E-state index in [2.05, 4.69) is 26.1 Å². The van der Waals surface area contributed by atoms with Gasteiger partial charge in [0.25, 0.3) is 14.2 Å². The van der Waals surface area contributed by atoms with Crippen LogP contribution in [0.15, 0.2) is 33.9 Å². The molecule has 0 spiro atoms. The van der Waals surface area contributed by atoms with Crippen LogP contribution in [0.25, 0.3) is 11.4 Å². The van der Waals surface area contributed by atoms with Crippen LogP contribution in [0.1, 0.15) is 0 Å². The highest BCUT2D eigenvalue weighted by molar-refractivity contribution is 9.10. The van der Waals surface area contributed by atoms with E-state index in [0.717, 1.165) is 10.0 Å². The molecule has 1 aromatic heterocycles. The maximum Gasteiger partial charge on any atom is 0.296 e. The number of benzene rings is 1. The molecule has 0 aliphatic carbocycles. The van der Waals surface area contributed by atoms with Crippen molar-refractivity contribution in [2.75, 3.05) is 13.7 Å². The van der Waals surface area contributed by atoms with Crippen LogP contribution in [0.3, 0.4) is 0 Å². The van der Waals surface area contributed by atoms with Crippen LogP contribution in [0.2, 0.25) is 0 Å². The summed E-state index contributed by atoms with van der Waals surface area (Å²) in [5, 5.41) is 7.30. The lowest BCUT2D eigenvalue weighted by Gasteiger charge is -2.08. The fourth-order valence-corrected chi connectivity index (χ4v) is 3.02. The van der Waals surface area contributed by atoms with Gasteiger partial charge in [-0.15, -0.1) is 10.2 Å². The second kappa shape index (κ2) is 6.21. The summed E-state index contributed by atoms with van der Waals surface area (Å²) in [5.74, 6) is 0.419. The zero-order valence-electron chi connectivity index (χ0n) is 10.5. The summed E-state index contributed by atoms with van der Waals surface area (Å²) in [5.41, 5.74) is 0.731. The van der Waals surface area contributed by atoms with Crippen molar-refractivity contribution >= 4 is 35.7 Å². The minimum atomic E-state index is -3.97. The van der Waals surface area contributed by atoms with Gasteiger partial charge < -0.3 is 4.74 Å². The van der Waals surface area contributed by atoms with E-state index in [1.165, 1.54) is 11.7 Å². The Hall–Kier alpha value is -0.960. The lowest BCUT2D eigenvalue weighted by molar-refractivity contribution is 0.185. The van der Waals surface area contributed by atoms with Gasteiger partial charge in [-0.05, 0) is 12.1 Å². The molecule has 1 aromatic carbocycles. The Morgan fingerprint density at radius 1 is 1.40 bits per heavy atom.